The Balaban J connectivity index is 1.32. The minimum absolute atomic E-state index is 0.0495. The molecule has 3 saturated heterocycles. The normalized spacial score (nSPS) is 24.3. The zero-order chi connectivity index (χ0) is 22.1. The number of carbonyl (C=O) groups is 1. The van der Waals surface area contributed by atoms with Gasteiger partial charge in [0.15, 0.2) is 0 Å². The third-order valence-electron chi connectivity index (χ3n) is 6.58. The fourth-order valence-electron chi connectivity index (χ4n) is 4.93. The molecule has 3 heterocycles. The van der Waals surface area contributed by atoms with Crippen LogP contribution in [0.15, 0.2) is 29.2 Å². The summed E-state index contributed by atoms with van der Waals surface area (Å²) in [6.45, 7) is 8.65. The topological polar surface area (TPSA) is 88.2 Å². The Morgan fingerprint density at radius 1 is 1.13 bits per heavy atom. The standard InChI is InChI=1S/C22H33N3O5S/c1-21(2)16-22(17-30-21)6-8-24(9-7-22)15-20(26)23-18-4-3-5-19(14-18)31(27,28)25-10-12-29-13-11-25/h3-5,14H,6-13,15-17H2,1-2H3,(H,23,26). The number of amides is 1. The monoisotopic (exact) mass is 451 g/mol. The van der Waals surface area contributed by atoms with Gasteiger partial charge in [-0.05, 0) is 69.8 Å². The maximum absolute atomic E-state index is 12.9. The van der Waals surface area contributed by atoms with Crippen LogP contribution in [0.5, 0.6) is 0 Å². The van der Waals surface area contributed by atoms with E-state index in [1.807, 2.05) is 0 Å². The lowest BCUT2D eigenvalue weighted by Gasteiger charge is -2.38. The summed E-state index contributed by atoms with van der Waals surface area (Å²) in [5.41, 5.74) is 0.698. The van der Waals surface area contributed by atoms with Crippen molar-refractivity contribution in [3.63, 3.8) is 0 Å². The molecule has 8 nitrogen and oxygen atoms in total. The molecule has 0 atom stereocenters. The highest BCUT2D eigenvalue weighted by Crippen LogP contribution is 2.46. The lowest BCUT2D eigenvalue weighted by molar-refractivity contribution is -0.117. The maximum atomic E-state index is 12.9. The number of nitrogens with zero attached hydrogens (tertiary/aromatic N) is 2. The second-order valence-electron chi connectivity index (χ2n) is 9.59. The summed E-state index contributed by atoms with van der Waals surface area (Å²) in [7, 11) is -3.59. The SMILES string of the molecule is CC1(C)CC2(CCN(CC(=O)Nc3cccc(S(=O)(=O)N4CCOCC4)c3)CC2)CO1. The summed E-state index contributed by atoms with van der Waals surface area (Å²) in [6, 6.07) is 6.48. The Morgan fingerprint density at radius 3 is 2.48 bits per heavy atom. The van der Waals surface area contributed by atoms with Crippen LogP contribution in [0.2, 0.25) is 0 Å². The Labute approximate surface area is 184 Å². The number of ether oxygens (including phenoxy) is 2. The van der Waals surface area contributed by atoms with Crippen molar-refractivity contribution < 1.29 is 22.7 Å². The van der Waals surface area contributed by atoms with Crippen LogP contribution < -0.4 is 5.32 Å². The van der Waals surface area contributed by atoms with E-state index >= 15 is 0 Å². The average Bonchev–Trinajstić information content (AvgIpc) is 3.05. The summed E-state index contributed by atoms with van der Waals surface area (Å²) in [6.07, 6.45) is 3.15. The first-order valence-electron chi connectivity index (χ1n) is 11.0. The number of carbonyl (C=O) groups excluding carboxylic acids is 1. The molecule has 31 heavy (non-hydrogen) atoms. The molecule has 1 aromatic rings. The highest BCUT2D eigenvalue weighted by Gasteiger charge is 2.45. The summed E-state index contributed by atoms with van der Waals surface area (Å²) in [5, 5.41) is 2.87. The van der Waals surface area contributed by atoms with Crippen molar-refractivity contribution in [3.8, 4) is 0 Å². The molecule has 1 N–H and O–H groups in total. The van der Waals surface area contributed by atoms with E-state index in [9.17, 15) is 13.2 Å². The van der Waals surface area contributed by atoms with Crippen molar-refractivity contribution in [2.45, 2.75) is 43.6 Å². The number of nitrogens with one attached hydrogen (secondary N) is 1. The van der Waals surface area contributed by atoms with Crippen molar-refractivity contribution in [1.82, 2.24) is 9.21 Å². The zero-order valence-corrected chi connectivity index (χ0v) is 19.2. The van der Waals surface area contributed by atoms with Crippen LogP contribution in [0.3, 0.4) is 0 Å². The molecule has 1 spiro atoms. The molecule has 9 heteroatoms. The first-order valence-corrected chi connectivity index (χ1v) is 12.5. The van der Waals surface area contributed by atoms with Gasteiger partial charge in [0.05, 0.1) is 36.9 Å². The lowest BCUT2D eigenvalue weighted by Crippen LogP contribution is -2.44. The molecule has 0 unspecified atom stereocenters. The lowest BCUT2D eigenvalue weighted by atomic mass is 9.74. The molecule has 1 amide bonds. The number of hydrogen-bond donors (Lipinski definition) is 1. The first kappa shape index (κ1) is 22.7. The van der Waals surface area contributed by atoms with E-state index in [1.54, 1.807) is 18.2 Å². The summed E-state index contributed by atoms with van der Waals surface area (Å²) in [5.74, 6) is -0.125. The minimum atomic E-state index is -3.59. The number of anilines is 1. The summed E-state index contributed by atoms with van der Waals surface area (Å²) >= 11 is 0. The number of hydrogen-bond acceptors (Lipinski definition) is 6. The smallest absolute Gasteiger partial charge is 0.243 e. The Kier molecular flexibility index (Phi) is 6.42. The summed E-state index contributed by atoms with van der Waals surface area (Å²) < 4.78 is 38.3. The number of sulfonamides is 1. The molecule has 1 aromatic carbocycles. The van der Waals surface area contributed by atoms with Crippen LogP contribution in [0.4, 0.5) is 5.69 Å². The molecule has 4 rings (SSSR count). The van der Waals surface area contributed by atoms with Crippen LogP contribution in [0.1, 0.15) is 33.1 Å². The number of benzene rings is 1. The Morgan fingerprint density at radius 2 is 1.84 bits per heavy atom. The van der Waals surface area contributed by atoms with E-state index in [-0.39, 0.29) is 21.8 Å². The molecule has 0 bridgehead atoms. The van der Waals surface area contributed by atoms with Crippen molar-refractivity contribution in [2.75, 3.05) is 57.9 Å². The van der Waals surface area contributed by atoms with Crippen molar-refractivity contribution >= 4 is 21.6 Å². The van der Waals surface area contributed by atoms with E-state index in [0.717, 1.165) is 39.0 Å². The fourth-order valence-corrected chi connectivity index (χ4v) is 6.39. The van der Waals surface area contributed by atoms with Gasteiger partial charge in [0.25, 0.3) is 0 Å². The quantitative estimate of drug-likeness (QED) is 0.736. The van der Waals surface area contributed by atoms with Gasteiger partial charge >= 0.3 is 0 Å². The fraction of sp³-hybridized carbons (Fsp3) is 0.682. The molecule has 0 aromatic heterocycles. The highest BCUT2D eigenvalue weighted by atomic mass is 32.2. The van der Waals surface area contributed by atoms with Gasteiger partial charge in [0.2, 0.25) is 15.9 Å². The largest absolute Gasteiger partial charge is 0.379 e. The summed E-state index contributed by atoms with van der Waals surface area (Å²) in [4.78, 5) is 15.0. The van der Waals surface area contributed by atoms with Crippen molar-refractivity contribution in [2.24, 2.45) is 5.41 Å². The predicted molar refractivity (Wildman–Crippen MR) is 117 cm³/mol. The van der Waals surface area contributed by atoms with Gasteiger partial charge in [-0.1, -0.05) is 6.07 Å². The molecule has 3 aliphatic rings. The second-order valence-corrected chi connectivity index (χ2v) is 11.5. The van der Waals surface area contributed by atoms with Gasteiger partial charge in [-0.3, -0.25) is 9.69 Å². The maximum Gasteiger partial charge on any atom is 0.243 e. The first-order chi connectivity index (χ1) is 14.7. The van der Waals surface area contributed by atoms with Crippen molar-refractivity contribution in [3.05, 3.63) is 24.3 Å². The Bertz CT molecular complexity index is 903. The van der Waals surface area contributed by atoms with Crippen LogP contribution in [-0.2, 0) is 24.3 Å². The zero-order valence-electron chi connectivity index (χ0n) is 18.4. The predicted octanol–water partition coefficient (Wildman–Crippen LogP) is 1.93. The Hall–Kier alpha value is -1.52. The molecule has 172 valence electrons. The van der Waals surface area contributed by atoms with Gasteiger partial charge in [-0.2, -0.15) is 4.31 Å². The van der Waals surface area contributed by atoms with Gasteiger partial charge in [-0.25, -0.2) is 8.42 Å². The second kappa shape index (κ2) is 8.78. The third kappa shape index (κ3) is 5.28. The van der Waals surface area contributed by atoms with E-state index in [4.69, 9.17) is 9.47 Å². The molecule has 3 aliphatic heterocycles. The number of morpholine rings is 1. The molecule has 0 saturated carbocycles. The number of likely N-dealkylation sites (tertiary alicyclic amines) is 1. The number of rotatable bonds is 5. The molecular formula is C22H33N3O5S. The van der Waals surface area contributed by atoms with Gasteiger partial charge in [0.1, 0.15) is 0 Å². The average molecular weight is 452 g/mol. The van der Waals surface area contributed by atoms with Gasteiger partial charge < -0.3 is 14.8 Å². The van der Waals surface area contributed by atoms with Gasteiger partial charge in [0, 0.05) is 18.8 Å². The minimum Gasteiger partial charge on any atom is -0.379 e. The van der Waals surface area contributed by atoms with Crippen LogP contribution >= 0.6 is 0 Å². The highest BCUT2D eigenvalue weighted by molar-refractivity contribution is 7.89. The van der Waals surface area contributed by atoms with E-state index in [2.05, 4.69) is 24.1 Å². The van der Waals surface area contributed by atoms with Crippen LogP contribution in [0, 0.1) is 5.41 Å². The molecule has 3 fully saturated rings. The number of piperidine rings is 1. The molecule has 0 radical (unpaired) electrons. The third-order valence-corrected chi connectivity index (χ3v) is 8.47. The van der Waals surface area contributed by atoms with E-state index in [1.165, 1.54) is 10.4 Å². The van der Waals surface area contributed by atoms with Crippen LogP contribution in [0.25, 0.3) is 0 Å². The van der Waals surface area contributed by atoms with E-state index < -0.39 is 10.0 Å². The molecular weight excluding hydrogens is 418 g/mol. The van der Waals surface area contributed by atoms with Crippen LogP contribution in [-0.4, -0.2) is 81.7 Å². The molecule has 0 aliphatic carbocycles. The van der Waals surface area contributed by atoms with Gasteiger partial charge in [-0.15, -0.1) is 0 Å². The van der Waals surface area contributed by atoms with Crippen molar-refractivity contribution in [1.29, 1.82) is 0 Å². The van der Waals surface area contributed by atoms with E-state index in [0.29, 0.717) is 38.5 Å².